The van der Waals surface area contributed by atoms with Gasteiger partial charge >= 0.3 is 0 Å². The summed E-state index contributed by atoms with van der Waals surface area (Å²) in [7, 11) is 0. The molecule has 0 unspecified atom stereocenters. The minimum atomic E-state index is -0.107. The van der Waals surface area contributed by atoms with E-state index in [0.29, 0.717) is 6.04 Å². The zero-order chi connectivity index (χ0) is 17.6. The molecule has 1 N–H and O–H groups in total. The summed E-state index contributed by atoms with van der Waals surface area (Å²) in [6.07, 6.45) is 3.84. The van der Waals surface area contributed by atoms with Crippen molar-refractivity contribution in [3.8, 4) is 0 Å². The molecule has 5 heteroatoms. The van der Waals surface area contributed by atoms with E-state index in [2.05, 4.69) is 33.2 Å². The summed E-state index contributed by atoms with van der Waals surface area (Å²) in [5.41, 5.74) is 1.89. The zero-order valence-electron chi connectivity index (χ0n) is 15.1. The normalized spacial score (nSPS) is 15.6. The molecule has 4 nitrogen and oxygen atoms in total. The molecular weight excluding hydrogens is 315 g/mol. The van der Waals surface area contributed by atoms with Gasteiger partial charge in [-0.3, -0.25) is 0 Å². The second-order valence-corrected chi connectivity index (χ2v) is 6.68. The monoisotopic (exact) mass is 342 g/mol. The molecule has 3 rings (SSSR count). The third-order valence-electron chi connectivity index (χ3n) is 4.84. The van der Waals surface area contributed by atoms with Crippen LogP contribution in [0.1, 0.15) is 36.8 Å². The first-order chi connectivity index (χ1) is 12.2. The Balaban J connectivity index is 1.47. The molecule has 0 aliphatic carbocycles. The molecule has 1 aliphatic heterocycles. The summed E-state index contributed by atoms with van der Waals surface area (Å²) >= 11 is 0. The van der Waals surface area contributed by atoms with Gasteiger partial charge in [-0.25, -0.2) is 14.4 Å². The van der Waals surface area contributed by atoms with Crippen LogP contribution in [0.5, 0.6) is 0 Å². The highest BCUT2D eigenvalue weighted by atomic mass is 19.1. The second kappa shape index (κ2) is 8.39. The Morgan fingerprint density at radius 2 is 1.96 bits per heavy atom. The Hall–Kier alpha value is -2.01. The van der Waals surface area contributed by atoms with E-state index < -0.39 is 0 Å². The molecule has 25 heavy (non-hydrogen) atoms. The molecular formula is C20H27FN4. The second-order valence-electron chi connectivity index (χ2n) is 6.68. The fourth-order valence-electron chi connectivity index (χ4n) is 3.38. The van der Waals surface area contributed by atoms with E-state index in [1.165, 1.54) is 6.07 Å². The van der Waals surface area contributed by atoms with Gasteiger partial charge in [0.2, 0.25) is 0 Å². The summed E-state index contributed by atoms with van der Waals surface area (Å²) in [5.74, 6) is 1.79. The fraction of sp³-hybridized carbons (Fsp3) is 0.500. The predicted octanol–water partition coefficient (Wildman–Crippen LogP) is 3.29. The van der Waals surface area contributed by atoms with E-state index in [1.807, 2.05) is 19.1 Å². The molecule has 0 spiro atoms. The average Bonchev–Trinajstić information content (AvgIpc) is 2.63. The zero-order valence-corrected chi connectivity index (χ0v) is 15.1. The number of aryl methyl sites for hydroxylation is 2. The number of anilines is 1. The maximum Gasteiger partial charge on any atom is 0.132 e. The van der Waals surface area contributed by atoms with Crippen LogP contribution in [0.25, 0.3) is 0 Å². The number of halogens is 1. The van der Waals surface area contributed by atoms with Crippen molar-refractivity contribution >= 4 is 5.82 Å². The van der Waals surface area contributed by atoms with Crippen LogP contribution in [-0.2, 0) is 12.8 Å². The summed E-state index contributed by atoms with van der Waals surface area (Å²) in [6, 6.07) is 9.63. The number of hydrogen-bond donors (Lipinski definition) is 1. The Morgan fingerprint density at radius 3 is 2.68 bits per heavy atom. The number of piperidine rings is 1. The van der Waals surface area contributed by atoms with Crippen molar-refractivity contribution in [2.75, 3.05) is 24.5 Å². The molecule has 0 radical (unpaired) electrons. The fourth-order valence-corrected chi connectivity index (χ4v) is 3.38. The number of hydrogen-bond acceptors (Lipinski definition) is 4. The van der Waals surface area contributed by atoms with E-state index in [-0.39, 0.29) is 5.82 Å². The standard InChI is InChI=1S/C20H27FN4/c1-3-17-14-20(24-15(2)23-17)25-12-9-18(10-13-25)22-11-8-16-6-4-5-7-19(16)21/h4-7,14,18,22H,3,8-13H2,1-2H3. The molecule has 1 fully saturated rings. The van der Waals surface area contributed by atoms with Crippen LogP contribution >= 0.6 is 0 Å². The SMILES string of the molecule is CCc1cc(N2CCC(NCCc3ccccc3F)CC2)nc(C)n1. The molecule has 134 valence electrons. The van der Waals surface area contributed by atoms with Gasteiger partial charge in [0.15, 0.2) is 0 Å². The van der Waals surface area contributed by atoms with Crippen molar-refractivity contribution in [2.45, 2.75) is 45.6 Å². The number of nitrogens with one attached hydrogen (secondary N) is 1. The van der Waals surface area contributed by atoms with Crippen LogP contribution in [0.15, 0.2) is 30.3 Å². The van der Waals surface area contributed by atoms with Gasteiger partial charge in [-0.05, 0) is 50.8 Å². The maximum absolute atomic E-state index is 13.6. The summed E-state index contributed by atoms with van der Waals surface area (Å²) in [4.78, 5) is 11.4. The van der Waals surface area contributed by atoms with Gasteiger partial charge in [-0.1, -0.05) is 25.1 Å². The van der Waals surface area contributed by atoms with Crippen molar-refractivity contribution in [1.82, 2.24) is 15.3 Å². The predicted molar refractivity (Wildman–Crippen MR) is 99.5 cm³/mol. The van der Waals surface area contributed by atoms with Crippen molar-refractivity contribution in [3.63, 3.8) is 0 Å². The summed E-state index contributed by atoms with van der Waals surface area (Å²) in [6.45, 7) is 6.89. The highest BCUT2D eigenvalue weighted by Gasteiger charge is 2.20. The Labute approximate surface area is 149 Å². The first-order valence-electron chi connectivity index (χ1n) is 9.22. The molecule has 0 amide bonds. The first-order valence-corrected chi connectivity index (χ1v) is 9.22. The lowest BCUT2D eigenvalue weighted by molar-refractivity contribution is 0.415. The van der Waals surface area contributed by atoms with Gasteiger partial charge in [0.05, 0.1) is 0 Å². The van der Waals surface area contributed by atoms with Gasteiger partial charge in [0.1, 0.15) is 17.5 Å². The van der Waals surface area contributed by atoms with Gasteiger partial charge in [-0.2, -0.15) is 0 Å². The molecule has 1 saturated heterocycles. The van der Waals surface area contributed by atoms with Gasteiger partial charge < -0.3 is 10.2 Å². The first kappa shape index (κ1) is 17.8. The highest BCUT2D eigenvalue weighted by Crippen LogP contribution is 2.19. The van der Waals surface area contributed by atoms with Crippen LogP contribution in [0.2, 0.25) is 0 Å². The number of aromatic nitrogens is 2. The Morgan fingerprint density at radius 1 is 1.20 bits per heavy atom. The lowest BCUT2D eigenvalue weighted by Crippen LogP contribution is -2.43. The number of nitrogens with zero attached hydrogens (tertiary/aromatic N) is 3. The van der Waals surface area contributed by atoms with Crippen molar-refractivity contribution in [3.05, 3.63) is 53.2 Å². The molecule has 2 aromatic rings. The lowest BCUT2D eigenvalue weighted by atomic mass is 10.0. The summed E-state index contributed by atoms with van der Waals surface area (Å²) in [5, 5.41) is 3.58. The van der Waals surface area contributed by atoms with Crippen LogP contribution in [0.4, 0.5) is 10.2 Å². The van der Waals surface area contributed by atoms with E-state index >= 15 is 0 Å². The van der Waals surface area contributed by atoms with Crippen LogP contribution in [0.3, 0.4) is 0 Å². The van der Waals surface area contributed by atoms with E-state index in [0.717, 1.165) is 68.2 Å². The third-order valence-corrected chi connectivity index (χ3v) is 4.84. The van der Waals surface area contributed by atoms with E-state index in [1.54, 1.807) is 6.07 Å². The van der Waals surface area contributed by atoms with Gasteiger partial charge in [-0.15, -0.1) is 0 Å². The Kier molecular flexibility index (Phi) is 5.97. The molecule has 0 atom stereocenters. The topological polar surface area (TPSA) is 41.0 Å². The average molecular weight is 342 g/mol. The third kappa shape index (κ3) is 4.75. The number of rotatable bonds is 6. The Bertz CT molecular complexity index is 696. The van der Waals surface area contributed by atoms with Crippen molar-refractivity contribution < 1.29 is 4.39 Å². The maximum atomic E-state index is 13.6. The van der Waals surface area contributed by atoms with Crippen LogP contribution < -0.4 is 10.2 Å². The molecule has 0 bridgehead atoms. The molecule has 1 aliphatic rings. The van der Waals surface area contributed by atoms with E-state index in [4.69, 9.17) is 0 Å². The smallest absolute Gasteiger partial charge is 0.132 e. The summed E-state index contributed by atoms with van der Waals surface area (Å²) < 4.78 is 13.6. The van der Waals surface area contributed by atoms with Crippen molar-refractivity contribution in [1.29, 1.82) is 0 Å². The molecule has 0 saturated carbocycles. The molecule has 1 aromatic carbocycles. The lowest BCUT2D eigenvalue weighted by Gasteiger charge is -2.33. The van der Waals surface area contributed by atoms with Gasteiger partial charge in [0.25, 0.3) is 0 Å². The molecule has 1 aromatic heterocycles. The minimum absolute atomic E-state index is 0.107. The highest BCUT2D eigenvalue weighted by molar-refractivity contribution is 5.40. The van der Waals surface area contributed by atoms with Crippen molar-refractivity contribution in [2.24, 2.45) is 0 Å². The minimum Gasteiger partial charge on any atom is -0.356 e. The quantitative estimate of drug-likeness (QED) is 0.875. The number of benzene rings is 1. The molecule has 2 heterocycles. The largest absolute Gasteiger partial charge is 0.356 e. The van der Waals surface area contributed by atoms with Gasteiger partial charge in [0, 0.05) is 30.9 Å². The van der Waals surface area contributed by atoms with Crippen LogP contribution in [0, 0.1) is 12.7 Å². The van der Waals surface area contributed by atoms with E-state index in [9.17, 15) is 4.39 Å². The van der Waals surface area contributed by atoms with Crippen LogP contribution in [-0.4, -0.2) is 35.6 Å².